The summed E-state index contributed by atoms with van der Waals surface area (Å²) in [5.74, 6) is 1.33. The molecule has 3 aromatic carbocycles. The van der Waals surface area contributed by atoms with E-state index in [0.29, 0.717) is 18.6 Å². The average molecular weight is 676 g/mol. The molecule has 0 unspecified atom stereocenters. The molecule has 5 aromatic rings. The van der Waals surface area contributed by atoms with Gasteiger partial charge in [-0.15, -0.1) is 11.8 Å². The number of H-pyrrole nitrogens is 1. The zero-order valence-electron chi connectivity index (χ0n) is 29.6. The van der Waals surface area contributed by atoms with Gasteiger partial charge in [-0.2, -0.15) is 0 Å². The number of nitrogens with zero attached hydrogens (tertiary/aromatic N) is 3. The summed E-state index contributed by atoms with van der Waals surface area (Å²) in [5.41, 5.74) is 6.75. The lowest BCUT2D eigenvalue weighted by Gasteiger charge is -2.27. The van der Waals surface area contributed by atoms with Crippen LogP contribution in [0.25, 0.3) is 22.2 Å². The van der Waals surface area contributed by atoms with Crippen molar-refractivity contribution in [1.29, 1.82) is 0 Å². The number of nitrogens with one attached hydrogen (secondary N) is 2. The molecule has 0 atom stereocenters. The number of hydrogen-bond acceptors (Lipinski definition) is 5. The fourth-order valence-electron chi connectivity index (χ4n) is 6.12. The van der Waals surface area contributed by atoms with Gasteiger partial charge in [0.05, 0.1) is 0 Å². The SMILES string of the molecule is CCN(CC)CCSc1cccc(-c2cc(C(C)C)c(NC(=O)N(CCc3ccccc3)c3cc4cccnc4[nH]c3=O)c(C(C)C)c2)c1. The fraction of sp³-hybridized carbons (Fsp3) is 0.341. The van der Waals surface area contributed by atoms with Crippen LogP contribution < -0.4 is 15.8 Å². The van der Waals surface area contributed by atoms with Crippen molar-refractivity contribution >= 4 is 40.2 Å². The van der Waals surface area contributed by atoms with E-state index in [-0.39, 0.29) is 29.1 Å². The highest BCUT2D eigenvalue weighted by Gasteiger charge is 2.24. The van der Waals surface area contributed by atoms with Gasteiger partial charge in [0.1, 0.15) is 11.3 Å². The maximum Gasteiger partial charge on any atom is 0.326 e. The van der Waals surface area contributed by atoms with Crippen molar-refractivity contribution in [3.8, 4) is 11.1 Å². The van der Waals surface area contributed by atoms with Crippen molar-refractivity contribution in [1.82, 2.24) is 14.9 Å². The van der Waals surface area contributed by atoms with Gasteiger partial charge < -0.3 is 15.2 Å². The molecule has 7 nitrogen and oxygen atoms in total. The van der Waals surface area contributed by atoms with E-state index in [1.54, 1.807) is 17.2 Å². The number of rotatable bonds is 14. The van der Waals surface area contributed by atoms with Crippen LogP contribution in [0, 0.1) is 0 Å². The van der Waals surface area contributed by atoms with Crippen molar-refractivity contribution in [2.24, 2.45) is 0 Å². The minimum absolute atomic E-state index is 0.146. The molecule has 49 heavy (non-hydrogen) atoms. The van der Waals surface area contributed by atoms with E-state index in [0.717, 1.165) is 64.3 Å². The number of hydrogen-bond donors (Lipinski definition) is 2. The second-order valence-corrected chi connectivity index (χ2v) is 14.2. The zero-order valence-corrected chi connectivity index (χ0v) is 30.4. The van der Waals surface area contributed by atoms with Crippen LogP contribution in [0.15, 0.2) is 101 Å². The Balaban J connectivity index is 1.50. The third kappa shape index (κ3) is 8.99. The molecule has 0 fully saturated rings. The molecule has 0 radical (unpaired) electrons. The van der Waals surface area contributed by atoms with Crippen LogP contribution in [0.4, 0.5) is 16.2 Å². The van der Waals surface area contributed by atoms with E-state index in [1.807, 2.05) is 54.2 Å². The van der Waals surface area contributed by atoms with Gasteiger partial charge in [-0.25, -0.2) is 9.78 Å². The summed E-state index contributed by atoms with van der Waals surface area (Å²) >= 11 is 1.89. The number of anilines is 2. The molecule has 0 aliphatic heterocycles. The van der Waals surface area contributed by atoms with Crippen molar-refractivity contribution in [3.05, 3.63) is 118 Å². The number of amides is 2. The van der Waals surface area contributed by atoms with E-state index < -0.39 is 0 Å². The Morgan fingerprint density at radius 3 is 2.22 bits per heavy atom. The summed E-state index contributed by atoms with van der Waals surface area (Å²) < 4.78 is 0. The molecule has 0 aliphatic carbocycles. The van der Waals surface area contributed by atoms with Crippen LogP contribution >= 0.6 is 11.8 Å². The smallest absolute Gasteiger partial charge is 0.307 e. The summed E-state index contributed by atoms with van der Waals surface area (Å²) in [7, 11) is 0. The quantitative estimate of drug-likeness (QED) is 0.115. The minimum Gasteiger partial charge on any atom is -0.307 e. The number of carbonyl (C=O) groups excluding carboxylic acids is 1. The van der Waals surface area contributed by atoms with Crippen LogP contribution in [-0.2, 0) is 6.42 Å². The standard InChI is InChI=1S/C41H49N5O2S/c1-7-45(8-2)22-23-49-34-18-12-16-31(24-34)33-25-35(28(3)4)38(36(26-33)29(5)6)43-41(48)46(21-19-30-14-10-9-11-15-30)37-27-32-17-13-20-42-39(32)44-40(37)47/h9-18,20,24-29H,7-8,19,21-23H2,1-6H3,(H,43,48)(H,42,44,47). The third-order valence-electron chi connectivity index (χ3n) is 9.01. The number of carbonyl (C=O) groups is 1. The molecule has 0 saturated heterocycles. The van der Waals surface area contributed by atoms with Crippen LogP contribution in [0.5, 0.6) is 0 Å². The Morgan fingerprint density at radius 1 is 0.837 bits per heavy atom. The first-order valence-electron chi connectivity index (χ1n) is 17.4. The Morgan fingerprint density at radius 2 is 1.55 bits per heavy atom. The first-order chi connectivity index (χ1) is 23.7. The van der Waals surface area contributed by atoms with Crippen molar-refractivity contribution in [3.63, 3.8) is 0 Å². The van der Waals surface area contributed by atoms with Gasteiger partial charge in [-0.1, -0.05) is 84.0 Å². The molecule has 2 heterocycles. The predicted molar refractivity (Wildman–Crippen MR) is 207 cm³/mol. The lowest BCUT2D eigenvalue weighted by Crippen LogP contribution is -2.40. The van der Waals surface area contributed by atoms with E-state index in [1.165, 1.54) is 4.90 Å². The molecule has 0 bridgehead atoms. The first-order valence-corrected chi connectivity index (χ1v) is 18.4. The van der Waals surface area contributed by atoms with Gasteiger partial charge in [-0.3, -0.25) is 9.69 Å². The molecule has 0 saturated carbocycles. The fourth-order valence-corrected chi connectivity index (χ4v) is 7.09. The summed E-state index contributed by atoms with van der Waals surface area (Å²) in [5, 5.41) is 4.06. The van der Waals surface area contributed by atoms with E-state index in [2.05, 4.69) is 98.1 Å². The first kappa shape index (κ1) is 35.9. The van der Waals surface area contributed by atoms with Crippen molar-refractivity contribution < 1.29 is 4.79 Å². The Labute approximate surface area is 295 Å². The van der Waals surface area contributed by atoms with E-state index in [4.69, 9.17) is 0 Å². The molecule has 0 spiro atoms. The van der Waals surface area contributed by atoms with Gasteiger partial charge in [0.25, 0.3) is 5.56 Å². The Bertz CT molecular complexity index is 1890. The number of fused-ring (bicyclic) bond motifs is 1. The lowest BCUT2D eigenvalue weighted by atomic mass is 9.88. The Hall–Kier alpha value is -4.40. The van der Waals surface area contributed by atoms with Gasteiger partial charge in [0.2, 0.25) is 0 Å². The third-order valence-corrected chi connectivity index (χ3v) is 9.99. The molecule has 8 heteroatoms. The largest absolute Gasteiger partial charge is 0.326 e. The lowest BCUT2D eigenvalue weighted by molar-refractivity contribution is 0.257. The monoisotopic (exact) mass is 675 g/mol. The molecule has 2 aromatic heterocycles. The molecule has 2 N–H and O–H groups in total. The molecule has 256 valence electrons. The van der Waals surface area contributed by atoms with Gasteiger partial charge in [0, 0.05) is 41.0 Å². The number of aromatic amines is 1. The molecule has 0 aliphatic rings. The molecular formula is C41H49N5O2S. The average Bonchev–Trinajstić information content (AvgIpc) is 3.10. The summed E-state index contributed by atoms with van der Waals surface area (Å²) in [6.07, 6.45) is 2.24. The normalized spacial score (nSPS) is 11.5. The number of pyridine rings is 2. The number of benzene rings is 3. The van der Waals surface area contributed by atoms with Crippen molar-refractivity contribution in [2.75, 3.05) is 42.1 Å². The van der Waals surface area contributed by atoms with Gasteiger partial charge >= 0.3 is 6.03 Å². The molecule has 2 amide bonds. The van der Waals surface area contributed by atoms with E-state index in [9.17, 15) is 9.59 Å². The second-order valence-electron chi connectivity index (χ2n) is 13.0. The van der Waals surface area contributed by atoms with Crippen LogP contribution in [0.2, 0.25) is 0 Å². The highest BCUT2D eigenvalue weighted by molar-refractivity contribution is 7.99. The predicted octanol–water partition coefficient (Wildman–Crippen LogP) is 9.55. The number of urea groups is 1. The van der Waals surface area contributed by atoms with Crippen LogP contribution in [0.1, 0.15) is 70.1 Å². The van der Waals surface area contributed by atoms with Crippen LogP contribution in [-0.4, -0.2) is 52.8 Å². The summed E-state index contributed by atoms with van der Waals surface area (Å²) in [6.45, 7) is 16.6. The maximum absolute atomic E-state index is 14.4. The summed E-state index contributed by atoms with van der Waals surface area (Å²) in [4.78, 5) is 40.3. The van der Waals surface area contributed by atoms with Crippen molar-refractivity contribution in [2.45, 2.75) is 64.7 Å². The molecular weight excluding hydrogens is 627 g/mol. The van der Waals surface area contributed by atoms with E-state index >= 15 is 0 Å². The highest BCUT2D eigenvalue weighted by atomic mass is 32.2. The topological polar surface area (TPSA) is 81.3 Å². The molecule has 5 rings (SSSR count). The van der Waals surface area contributed by atoms with Crippen LogP contribution in [0.3, 0.4) is 0 Å². The number of thioether (sulfide) groups is 1. The maximum atomic E-state index is 14.4. The Kier molecular flexibility index (Phi) is 12.3. The second kappa shape index (κ2) is 16.8. The number of aromatic nitrogens is 2. The zero-order chi connectivity index (χ0) is 34.9. The summed E-state index contributed by atoms with van der Waals surface area (Å²) in [6, 6.07) is 28.4. The van der Waals surface area contributed by atoms with Gasteiger partial charge in [-0.05, 0) is 102 Å². The van der Waals surface area contributed by atoms with Gasteiger partial charge in [0.15, 0.2) is 0 Å². The minimum atomic E-state index is -0.354. The highest BCUT2D eigenvalue weighted by Crippen LogP contribution is 2.38.